The fourth-order valence-corrected chi connectivity index (χ4v) is 3.97. The van der Waals surface area contributed by atoms with Crippen molar-refractivity contribution in [3.8, 4) is 0 Å². The van der Waals surface area contributed by atoms with Crippen LogP contribution in [0.25, 0.3) is 0 Å². The summed E-state index contributed by atoms with van der Waals surface area (Å²) in [5, 5.41) is 2.97. The van der Waals surface area contributed by atoms with E-state index in [0.29, 0.717) is 24.7 Å². The highest BCUT2D eigenvalue weighted by molar-refractivity contribution is 5.96. The Morgan fingerprint density at radius 3 is 2.41 bits per heavy atom. The van der Waals surface area contributed by atoms with Crippen LogP contribution in [-0.4, -0.2) is 42.4 Å². The Morgan fingerprint density at radius 1 is 1.10 bits per heavy atom. The van der Waals surface area contributed by atoms with Gasteiger partial charge in [-0.1, -0.05) is 18.2 Å². The molecule has 0 radical (unpaired) electrons. The zero-order chi connectivity index (χ0) is 20.8. The molecular formula is C24H31N3O2. The van der Waals surface area contributed by atoms with Crippen LogP contribution in [0.5, 0.6) is 0 Å². The van der Waals surface area contributed by atoms with Gasteiger partial charge in [0.1, 0.15) is 0 Å². The molecule has 0 spiro atoms. The van der Waals surface area contributed by atoms with Crippen LogP contribution in [0.1, 0.15) is 44.0 Å². The van der Waals surface area contributed by atoms with Crippen molar-refractivity contribution in [2.45, 2.75) is 39.7 Å². The molecule has 2 aromatic carbocycles. The smallest absolute Gasteiger partial charge is 0.253 e. The largest absolute Gasteiger partial charge is 0.369 e. The van der Waals surface area contributed by atoms with E-state index in [2.05, 4.69) is 31.0 Å². The van der Waals surface area contributed by atoms with Crippen LogP contribution in [0.4, 0.5) is 11.4 Å². The van der Waals surface area contributed by atoms with Gasteiger partial charge in [0.05, 0.1) is 5.92 Å². The SMILES string of the molecule is CCN(c1ccc(C(=O)N2CCCC(C(=O)Nc3ccccc3)C2)cc1)C(C)C. The van der Waals surface area contributed by atoms with E-state index in [9.17, 15) is 9.59 Å². The van der Waals surface area contributed by atoms with E-state index < -0.39 is 0 Å². The number of rotatable bonds is 6. The molecule has 0 bridgehead atoms. The highest BCUT2D eigenvalue weighted by atomic mass is 16.2. The molecule has 1 N–H and O–H groups in total. The van der Waals surface area contributed by atoms with Crippen molar-refractivity contribution in [3.05, 3.63) is 60.2 Å². The normalized spacial score (nSPS) is 16.6. The third-order valence-electron chi connectivity index (χ3n) is 5.53. The van der Waals surface area contributed by atoms with E-state index >= 15 is 0 Å². The monoisotopic (exact) mass is 393 g/mol. The van der Waals surface area contributed by atoms with Crippen LogP contribution in [0, 0.1) is 5.92 Å². The van der Waals surface area contributed by atoms with Gasteiger partial charge in [-0.2, -0.15) is 0 Å². The minimum Gasteiger partial charge on any atom is -0.369 e. The molecule has 5 heteroatoms. The van der Waals surface area contributed by atoms with Crippen LogP contribution >= 0.6 is 0 Å². The van der Waals surface area contributed by atoms with Crippen molar-refractivity contribution < 1.29 is 9.59 Å². The van der Waals surface area contributed by atoms with Crippen molar-refractivity contribution in [2.75, 3.05) is 29.9 Å². The molecule has 5 nitrogen and oxygen atoms in total. The van der Waals surface area contributed by atoms with Gasteiger partial charge in [-0.3, -0.25) is 9.59 Å². The fourth-order valence-electron chi connectivity index (χ4n) is 3.97. The minimum atomic E-state index is -0.177. The van der Waals surface area contributed by atoms with Gasteiger partial charge in [0.25, 0.3) is 5.91 Å². The number of nitrogens with zero attached hydrogens (tertiary/aromatic N) is 2. The third kappa shape index (κ3) is 5.17. The van der Waals surface area contributed by atoms with Crippen LogP contribution < -0.4 is 10.2 Å². The summed E-state index contributed by atoms with van der Waals surface area (Å²) in [7, 11) is 0. The Kier molecular flexibility index (Phi) is 6.91. The number of hydrogen-bond donors (Lipinski definition) is 1. The molecule has 2 aromatic rings. The second-order valence-electron chi connectivity index (χ2n) is 7.87. The third-order valence-corrected chi connectivity index (χ3v) is 5.53. The van der Waals surface area contributed by atoms with Crippen molar-refractivity contribution in [1.29, 1.82) is 0 Å². The lowest BCUT2D eigenvalue weighted by Gasteiger charge is -2.32. The van der Waals surface area contributed by atoms with Gasteiger partial charge < -0.3 is 15.1 Å². The quantitative estimate of drug-likeness (QED) is 0.791. The Hall–Kier alpha value is -2.82. The van der Waals surface area contributed by atoms with Crippen molar-refractivity contribution in [1.82, 2.24) is 4.90 Å². The fraction of sp³-hybridized carbons (Fsp3) is 0.417. The molecular weight excluding hydrogens is 362 g/mol. The number of carbonyl (C=O) groups is 2. The molecule has 154 valence electrons. The van der Waals surface area contributed by atoms with Gasteiger partial charge in [0, 0.05) is 42.6 Å². The summed E-state index contributed by atoms with van der Waals surface area (Å²) in [5.74, 6) is -0.190. The number of para-hydroxylation sites is 1. The average molecular weight is 394 g/mol. The number of likely N-dealkylation sites (tertiary alicyclic amines) is 1. The molecule has 0 saturated carbocycles. The van der Waals surface area contributed by atoms with Gasteiger partial charge in [-0.25, -0.2) is 0 Å². The molecule has 1 saturated heterocycles. The summed E-state index contributed by atoms with van der Waals surface area (Å²) in [5.41, 5.74) is 2.60. The average Bonchev–Trinajstić information content (AvgIpc) is 2.75. The van der Waals surface area contributed by atoms with E-state index in [1.807, 2.05) is 59.5 Å². The lowest BCUT2D eigenvalue weighted by molar-refractivity contribution is -0.121. The second kappa shape index (κ2) is 9.59. The summed E-state index contributed by atoms with van der Waals surface area (Å²) >= 11 is 0. The summed E-state index contributed by atoms with van der Waals surface area (Å²) in [6.45, 7) is 8.55. The van der Waals surface area contributed by atoms with Crippen LogP contribution in [-0.2, 0) is 4.79 Å². The minimum absolute atomic E-state index is 0.00126. The molecule has 0 aliphatic carbocycles. The standard InChI is InChI=1S/C24H31N3O2/c1-4-27(18(2)3)22-14-12-19(13-15-22)24(29)26-16-8-9-20(17-26)23(28)25-21-10-6-5-7-11-21/h5-7,10-15,18,20H,4,8-9,16-17H2,1-3H3,(H,25,28). The molecule has 1 heterocycles. The number of hydrogen-bond acceptors (Lipinski definition) is 3. The van der Waals surface area contributed by atoms with E-state index in [-0.39, 0.29) is 17.7 Å². The lowest BCUT2D eigenvalue weighted by atomic mass is 9.96. The summed E-state index contributed by atoms with van der Waals surface area (Å²) in [6.07, 6.45) is 1.65. The van der Waals surface area contributed by atoms with E-state index in [4.69, 9.17) is 0 Å². The van der Waals surface area contributed by atoms with Gasteiger partial charge >= 0.3 is 0 Å². The maximum absolute atomic E-state index is 13.0. The topological polar surface area (TPSA) is 52.7 Å². The first-order chi connectivity index (χ1) is 14.0. The van der Waals surface area contributed by atoms with Gasteiger partial charge in [-0.05, 0) is 70.0 Å². The van der Waals surface area contributed by atoms with Crippen LogP contribution in [0.2, 0.25) is 0 Å². The Bertz CT molecular complexity index is 818. The van der Waals surface area contributed by atoms with Crippen molar-refractivity contribution in [3.63, 3.8) is 0 Å². The summed E-state index contributed by atoms with van der Waals surface area (Å²) < 4.78 is 0. The second-order valence-corrected chi connectivity index (χ2v) is 7.87. The van der Waals surface area contributed by atoms with Crippen molar-refractivity contribution in [2.24, 2.45) is 5.92 Å². The predicted molar refractivity (Wildman–Crippen MR) is 118 cm³/mol. The van der Waals surface area contributed by atoms with Gasteiger partial charge in [0.15, 0.2) is 0 Å². The number of carbonyl (C=O) groups excluding carboxylic acids is 2. The zero-order valence-electron chi connectivity index (χ0n) is 17.6. The first-order valence-electron chi connectivity index (χ1n) is 10.5. The molecule has 1 aliphatic heterocycles. The first kappa shape index (κ1) is 20.9. The maximum Gasteiger partial charge on any atom is 0.253 e. The molecule has 1 unspecified atom stereocenters. The molecule has 1 aliphatic rings. The zero-order valence-corrected chi connectivity index (χ0v) is 17.6. The van der Waals surface area contributed by atoms with E-state index in [1.54, 1.807) is 0 Å². The Morgan fingerprint density at radius 2 is 1.79 bits per heavy atom. The Balaban J connectivity index is 1.64. The number of benzene rings is 2. The molecule has 1 fully saturated rings. The predicted octanol–water partition coefficient (Wildman–Crippen LogP) is 4.41. The van der Waals surface area contributed by atoms with Gasteiger partial charge in [0.2, 0.25) is 5.91 Å². The van der Waals surface area contributed by atoms with Crippen LogP contribution in [0.3, 0.4) is 0 Å². The molecule has 1 atom stereocenters. The highest BCUT2D eigenvalue weighted by Crippen LogP contribution is 2.22. The first-order valence-corrected chi connectivity index (χ1v) is 10.5. The Labute approximate surface area is 173 Å². The van der Waals surface area contributed by atoms with E-state index in [1.165, 1.54) is 0 Å². The number of anilines is 2. The summed E-state index contributed by atoms with van der Waals surface area (Å²) in [6, 6.07) is 17.7. The highest BCUT2D eigenvalue weighted by Gasteiger charge is 2.29. The number of piperidine rings is 1. The van der Waals surface area contributed by atoms with Gasteiger partial charge in [-0.15, -0.1) is 0 Å². The lowest BCUT2D eigenvalue weighted by Crippen LogP contribution is -2.43. The summed E-state index contributed by atoms with van der Waals surface area (Å²) in [4.78, 5) is 29.7. The molecule has 2 amide bonds. The number of nitrogens with one attached hydrogen (secondary N) is 1. The maximum atomic E-state index is 13.0. The molecule has 29 heavy (non-hydrogen) atoms. The van der Waals surface area contributed by atoms with Crippen molar-refractivity contribution >= 4 is 23.2 Å². The van der Waals surface area contributed by atoms with Crippen LogP contribution in [0.15, 0.2) is 54.6 Å². The number of amides is 2. The van der Waals surface area contributed by atoms with E-state index in [0.717, 1.165) is 30.8 Å². The molecule has 3 rings (SSSR count). The molecule has 0 aromatic heterocycles.